The van der Waals surface area contributed by atoms with Crippen LogP contribution >= 0.6 is 11.6 Å². The lowest BCUT2D eigenvalue weighted by molar-refractivity contribution is -0.535. The zero-order valence-electron chi connectivity index (χ0n) is 11.9. The summed E-state index contributed by atoms with van der Waals surface area (Å²) in [7, 11) is 1.56. The van der Waals surface area contributed by atoms with Crippen LogP contribution in [-0.4, -0.2) is 18.1 Å². The fraction of sp³-hybridized carbons (Fsp3) is 0.250. The number of hydrogen-bond donors (Lipinski definition) is 0. The maximum Gasteiger partial charge on any atom is 0.257 e. The molecule has 1 aliphatic rings. The summed E-state index contributed by atoms with van der Waals surface area (Å²) in [5.41, 5.74) is 1.53. The molecule has 2 aromatic rings. The molecule has 0 N–H and O–H groups in total. The van der Waals surface area contributed by atoms with Crippen LogP contribution in [0.25, 0.3) is 0 Å². The molecule has 0 aromatic heterocycles. The number of halogens is 1. The van der Waals surface area contributed by atoms with Gasteiger partial charge in [0.2, 0.25) is 0 Å². The molecule has 114 valence electrons. The van der Waals surface area contributed by atoms with Gasteiger partial charge in [0.05, 0.1) is 7.11 Å². The highest BCUT2D eigenvalue weighted by molar-refractivity contribution is 6.30. The normalized spacial score (nSPS) is 19.9. The molecule has 0 amide bonds. The number of rotatable bonds is 3. The van der Waals surface area contributed by atoms with Crippen molar-refractivity contribution < 1.29 is 14.4 Å². The van der Waals surface area contributed by atoms with Gasteiger partial charge in [-0.25, -0.2) is 0 Å². The van der Waals surface area contributed by atoms with Crippen LogP contribution in [0.2, 0.25) is 5.02 Å². The largest absolute Gasteiger partial charge is 0.497 e. The summed E-state index contributed by atoms with van der Waals surface area (Å²) in [6.45, 7) is 0. The number of nitrogens with zero attached hydrogens (tertiary/aromatic N) is 1. The van der Waals surface area contributed by atoms with E-state index >= 15 is 0 Å². The smallest absolute Gasteiger partial charge is 0.257 e. The summed E-state index contributed by atoms with van der Waals surface area (Å²) >= 11 is 5.88. The molecule has 6 heteroatoms. The first kappa shape index (κ1) is 14.7. The molecule has 0 spiro atoms. The quantitative estimate of drug-likeness (QED) is 0.639. The van der Waals surface area contributed by atoms with Gasteiger partial charge in [-0.3, -0.25) is 10.1 Å². The minimum absolute atomic E-state index is 0.290. The van der Waals surface area contributed by atoms with Crippen molar-refractivity contribution in [2.75, 3.05) is 7.11 Å². The van der Waals surface area contributed by atoms with Crippen LogP contribution in [0.4, 0.5) is 0 Å². The Morgan fingerprint density at radius 3 is 2.64 bits per heavy atom. The molecule has 22 heavy (non-hydrogen) atoms. The number of methoxy groups -OCH3 is 1. The maximum absolute atomic E-state index is 11.4. The van der Waals surface area contributed by atoms with Crippen LogP contribution in [-0.2, 0) is 6.42 Å². The first-order valence-electron chi connectivity index (χ1n) is 6.81. The summed E-state index contributed by atoms with van der Waals surface area (Å²) in [6.07, 6.45) is -0.333. The van der Waals surface area contributed by atoms with E-state index in [-0.39, 0.29) is 4.92 Å². The third-order valence-electron chi connectivity index (χ3n) is 3.77. The second-order valence-corrected chi connectivity index (χ2v) is 5.56. The van der Waals surface area contributed by atoms with Gasteiger partial charge < -0.3 is 9.47 Å². The Bertz CT molecular complexity index is 702. The number of ether oxygens (including phenoxy) is 2. The van der Waals surface area contributed by atoms with Crippen molar-refractivity contribution in [3.8, 4) is 11.5 Å². The van der Waals surface area contributed by atoms with Gasteiger partial charge in [-0.1, -0.05) is 23.7 Å². The zero-order valence-corrected chi connectivity index (χ0v) is 12.6. The molecule has 2 atom stereocenters. The fourth-order valence-corrected chi connectivity index (χ4v) is 2.76. The van der Waals surface area contributed by atoms with Crippen LogP contribution in [0.5, 0.6) is 11.5 Å². The lowest BCUT2D eigenvalue weighted by atomic mass is 9.93. The Morgan fingerprint density at radius 2 is 2.00 bits per heavy atom. The summed E-state index contributed by atoms with van der Waals surface area (Å²) in [6, 6.07) is 11.4. The van der Waals surface area contributed by atoms with Crippen molar-refractivity contribution in [3.05, 3.63) is 68.7 Å². The Hall–Kier alpha value is -2.27. The zero-order chi connectivity index (χ0) is 15.7. The molecule has 1 unspecified atom stereocenters. The van der Waals surface area contributed by atoms with Gasteiger partial charge in [0.25, 0.3) is 6.04 Å². The van der Waals surface area contributed by atoms with Gasteiger partial charge in [-0.15, -0.1) is 0 Å². The first-order valence-corrected chi connectivity index (χ1v) is 7.19. The van der Waals surface area contributed by atoms with Crippen LogP contribution in [0.15, 0.2) is 42.5 Å². The molecule has 0 radical (unpaired) electrons. The highest BCUT2D eigenvalue weighted by atomic mass is 35.5. The standard InChI is InChI=1S/C16H14ClNO4/c1-21-13-6-7-15-11(8-13)9-14(18(19)20)16(22-15)10-2-4-12(17)5-3-10/h2-8,14,16H,9H2,1H3/t14?,16-/m0/s1. The average Bonchev–Trinajstić information content (AvgIpc) is 2.53. The number of fused-ring (bicyclic) bond motifs is 1. The molecule has 0 saturated heterocycles. The van der Waals surface area contributed by atoms with Gasteiger partial charge in [0.15, 0.2) is 6.10 Å². The molecule has 1 heterocycles. The molecular formula is C16H14ClNO4. The van der Waals surface area contributed by atoms with E-state index in [0.717, 1.165) is 11.1 Å². The van der Waals surface area contributed by atoms with E-state index in [0.29, 0.717) is 22.9 Å². The molecule has 5 nitrogen and oxygen atoms in total. The van der Waals surface area contributed by atoms with Gasteiger partial charge in [0, 0.05) is 21.9 Å². The summed E-state index contributed by atoms with van der Waals surface area (Å²) in [5.74, 6) is 1.31. The minimum atomic E-state index is -0.846. The van der Waals surface area contributed by atoms with Crippen molar-refractivity contribution in [2.45, 2.75) is 18.6 Å². The van der Waals surface area contributed by atoms with Crippen LogP contribution in [0, 0.1) is 10.1 Å². The highest BCUT2D eigenvalue weighted by Crippen LogP contribution is 2.38. The molecule has 0 bridgehead atoms. The van der Waals surface area contributed by atoms with E-state index in [1.54, 1.807) is 49.6 Å². The summed E-state index contributed by atoms with van der Waals surface area (Å²) in [4.78, 5) is 11.1. The van der Waals surface area contributed by atoms with Crippen molar-refractivity contribution in [1.29, 1.82) is 0 Å². The maximum atomic E-state index is 11.4. The van der Waals surface area contributed by atoms with Crippen LogP contribution < -0.4 is 9.47 Å². The predicted molar refractivity (Wildman–Crippen MR) is 82.3 cm³/mol. The number of benzene rings is 2. The average molecular weight is 320 g/mol. The van der Waals surface area contributed by atoms with Crippen molar-refractivity contribution >= 4 is 11.6 Å². The second-order valence-electron chi connectivity index (χ2n) is 5.12. The third kappa shape index (κ3) is 2.72. The van der Waals surface area contributed by atoms with E-state index in [1.165, 1.54) is 0 Å². The van der Waals surface area contributed by atoms with Gasteiger partial charge in [-0.2, -0.15) is 0 Å². The predicted octanol–water partition coefficient (Wildman–Crippen LogP) is 3.67. The fourth-order valence-electron chi connectivity index (χ4n) is 2.63. The highest BCUT2D eigenvalue weighted by Gasteiger charge is 2.39. The van der Waals surface area contributed by atoms with E-state index in [1.807, 2.05) is 0 Å². The molecular weight excluding hydrogens is 306 g/mol. The molecule has 0 saturated carbocycles. The Balaban J connectivity index is 1.99. The van der Waals surface area contributed by atoms with Crippen LogP contribution in [0.1, 0.15) is 17.2 Å². The van der Waals surface area contributed by atoms with Crippen molar-refractivity contribution in [1.82, 2.24) is 0 Å². The molecule has 3 rings (SSSR count). The lowest BCUT2D eigenvalue weighted by Gasteiger charge is -2.29. The molecule has 0 aliphatic carbocycles. The minimum Gasteiger partial charge on any atom is -0.497 e. The van der Waals surface area contributed by atoms with Gasteiger partial charge >= 0.3 is 0 Å². The Morgan fingerprint density at radius 1 is 1.27 bits per heavy atom. The van der Waals surface area contributed by atoms with E-state index in [9.17, 15) is 10.1 Å². The first-order chi connectivity index (χ1) is 10.6. The van der Waals surface area contributed by atoms with Crippen molar-refractivity contribution in [2.24, 2.45) is 0 Å². The number of nitro groups is 1. The Labute approximate surface area is 132 Å². The molecule has 1 aliphatic heterocycles. The van der Waals surface area contributed by atoms with E-state index in [2.05, 4.69) is 0 Å². The van der Waals surface area contributed by atoms with Gasteiger partial charge in [0.1, 0.15) is 11.5 Å². The van der Waals surface area contributed by atoms with E-state index in [4.69, 9.17) is 21.1 Å². The summed E-state index contributed by atoms with van der Waals surface area (Å²) < 4.78 is 11.1. The van der Waals surface area contributed by atoms with E-state index < -0.39 is 12.1 Å². The monoisotopic (exact) mass is 319 g/mol. The Kier molecular flexibility index (Phi) is 3.90. The van der Waals surface area contributed by atoms with Crippen LogP contribution in [0.3, 0.4) is 0 Å². The lowest BCUT2D eigenvalue weighted by Crippen LogP contribution is -2.36. The topological polar surface area (TPSA) is 61.6 Å². The van der Waals surface area contributed by atoms with Gasteiger partial charge in [-0.05, 0) is 35.9 Å². The molecule has 2 aromatic carbocycles. The second kappa shape index (κ2) is 5.85. The van der Waals surface area contributed by atoms with Crippen molar-refractivity contribution in [3.63, 3.8) is 0 Å². The SMILES string of the molecule is COc1ccc2c(c1)CC([N+](=O)[O-])[C@H](c1ccc(Cl)cc1)O2. The summed E-state index contributed by atoms with van der Waals surface area (Å²) in [5, 5.41) is 12.0. The number of hydrogen-bond acceptors (Lipinski definition) is 4. The third-order valence-corrected chi connectivity index (χ3v) is 4.02. The molecule has 0 fully saturated rings.